The standard InChI is InChI=1S/C19H17BrN2O4/c20-14-5-6-16-13(9-14)11-17(26-16)19(25)22-8-2-7-21-18(24)12-3-1-4-15(23)10-12/h1,3-6,9-11,23H,2,7-8H2,(H,21,24)(H,22,25). The van der Waals surface area contributed by atoms with Gasteiger partial charge >= 0.3 is 0 Å². The molecule has 0 radical (unpaired) electrons. The van der Waals surface area contributed by atoms with E-state index in [0.29, 0.717) is 30.7 Å². The second kappa shape index (κ2) is 8.05. The van der Waals surface area contributed by atoms with E-state index in [1.807, 2.05) is 12.1 Å². The summed E-state index contributed by atoms with van der Waals surface area (Å²) in [5.74, 6) is -0.267. The Kier molecular flexibility index (Phi) is 5.58. The van der Waals surface area contributed by atoms with Crippen molar-refractivity contribution in [3.05, 3.63) is 64.3 Å². The number of furan rings is 1. The van der Waals surface area contributed by atoms with E-state index in [1.54, 1.807) is 24.3 Å². The third-order valence-corrected chi connectivity index (χ3v) is 4.23. The van der Waals surface area contributed by atoms with Gasteiger partial charge in [-0.1, -0.05) is 22.0 Å². The minimum absolute atomic E-state index is 0.0442. The summed E-state index contributed by atoms with van der Waals surface area (Å²) in [6.07, 6.45) is 0.572. The number of carbonyl (C=O) groups excluding carboxylic acids is 2. The predicted octanol–water partition coefficient (Wildman–Crippen LogP) is 3.45. The molecule has 0 aliphatic heterocycles. The lowest BCUT2D eigenvalue weighted by molar-refractivity contribution is 0.0927. The molecule has 3 aromatic rings. The second-order valence-electron chi connectivity index (χ2n) is 5.71. The van der Waals surface area contributed by atoms with Crippen LogP contribution in [0.25, 0.3) is 11.0 Å². The average Bonchev–Trinajstić information content (AvgIpc) is 3.04. The fourth-order valence-corrected chi connectivity index (χ4v) is 2.83. The number of phenolic OH excluding ortho intramolecular Hbond substituents is 1. The number of amides is 2. The summed E-state index contributed by atoms with van der Waals surface area (Å²) >= 11 is 3.38. The van der Waals surface area contributed by atoms with Crippen LogP contribution in [-0.4, -0.2) is 30.0 Å². The average molecular weight is 417 g/mol. The molecule has 0 fully saturated rings. The molecule has 3 N–H and O–H groups in total. The maximum absolute atomic E-state index is 12.1. The fraction of sp³-hybridized carbons (Fsp3) is 0.158. The summed E-state index contributed by atoms with van der Waals surface area (Å²) in [6.45, 7) is 0.807. The van der Waals surface area contributed by atoms with Gasteiger partial charge < -0.3 is 20.2 Å². The summed E-state index contributed by atoms with van der Waals surface area (Å²) < 4.78 is 6.44. The van der Waals surface area contributed by atoms with Gasteiger partial charge in [0.15, 0.2) is 5.76 Å². The number of hydrogen-bond donors (Lipinski definition) is 3. The minimum atomic E-state index is -0.295. The van der Waals surface area contributed by atoms with E-state index in [0.717, 1.165) is 9.86 Å². The highest BCUT2D eigenvalue weighted by Gasteiger charge is 2.12. The summed E-state index contributed by atoms with van der Waals surface area (Å²) in [4.78, 5) is 24.0. The molecule has 0 aliphatic carbocycles. The first-order valence-corrected chi connectivity index (χ1v) is 8.87. The molecule has 2 amide bonds. The van der Waals surface area contributed by atoms with Crippen LogP contribution in [0.1, 0.15) is 27.3 Å². The number of fused-ring (bicyclic) bond motifs is 1. The smallest absolute Gasteiger partial charge is 0.287 e. The van der Waals surface area contributed by atoms with Crippen molar-refractivity contribution < 1.29 is 19.1 Å². The molecule has 0 saturated heterocycles. The predicted molar refractivity (Wildman–Crippen MR) is 101 cm³/mol. The molecule has 134 valence electrons. The summed E-state index contributed by atoms with van der Waals surface area (Å²) in [5.41, 5.74) is 1.04. The van der Waals surface area contributed by atoms with Crippen LogP contribution in [0.4, 0.5) is 0 Å². The first-order chi connectivity index (χ1) is 12.5. The van der Waals surface area contributed by atoms with Crippen molar-refractivity contribution in [2.45, 2.75) is 6.42 Å². The molecular formula is C19H17BrN2O4. The Bertz CT molecular complexity index is 952. The Hall–Kier alpha value is -2.80. The first-order valence-electron chi connectivity index (χ1n) is 8.07. The van der Waals surface area contributed by atoms with Gasteiger partial charge in [0.25, 0.3) is 11.8 Å². The largest absolute Gasteiger partial charge is 0.508 e. The van der Waals surface area contributed by atoms with Crippen LogP contribution >= 0.6 is 15.9 Å². The molecule has 0 aliphatic rings. The van der Waals surface area contributed by atoms with Gasteiger partial charge in [-0.2, -0.15) is 0 Å². The Labute approximate surface area is 158 Å². The molecule has 0 unspecified atom stereocenters. The van der Waals surface area contributed by atoms with Crippen molar-refractivity contribution in [1.82, 2.24) is 10.6 Å². The Morgan fingerprint density at radius 1 is 1.00 bits per heavy atom. The van der Waals surface area contributed by atoms with E-state index in [9.17, 15) is 14.7 Å². The lowest BCUT2D eigenvalue weighted by atomic mass is 10.2. The maximum Gasteiger partial charge on any atom is 0.287 e. The number of halogens is 1. The van der Waals surface area contributed by atoms with Gasteiger partial charge in [0.05, 0.1) is 0 Å². The summed E-state index contributed by atoms with van der Waals surface area (Å²) in [5, 5.41) is 15.7. The highest BCUT2D eigenvalue weighted by Crippen LogP contribution is 2.23. The zero-order chi connectivity index (χ0) is 18.5. The summed E-state index contributed by atoms with van der Waals surface area (Å²) in [6, 6.07) is 13.4. The molecule has 2 aromatic carbocycles. The van der Waals surface area contributed by atoms with Gasteiger partial charge in [-0.3, -0.25) is 9.59 Å². The number of carbonyl (C=O) groups is 2. The molecule has 0 atom stereocenters. The van der Waals surface area contributed by atoms with Gasteiger partial charge in [0.1, 0.15) is 11.3 Å². The number of aromatic hydroxyl groups is 1. The summed E-state index contributed by atoms with van der Waals surface area (Å²) in [7, 11) is 0. The zero-order valence-corrected chi connectivity index (χ0v) is 15.4. The monoisotopic (exact) mass is 416 g/mol. The number of rotatable bonds is 6. The van der Waals surface area contributed by atoms with Crippen LogP contribution in [0, 0.1) is 0 Å². The highest BCUT2D eigenvalue weighted by atomic mass is 79.9. The van der Waals surface area contributed by atoms with E-state index in [4.69, 9.17) is 4.42 Å². The minimum Gasteiger partial charge on any atom is -0.508 e. The second-order valence-corrected chi connectivity index (χ2v) is 6.62. The van der Waals surface area contributed by atoms with Crippen LogP contribution in [0.2, 0.25) is 0 Å². The van der Waals surface area contributed by atoms with Crippen molar-refractivity contribution in [1.29, 1.82) is 0 Å². The van der Waals surface area contributed by atoms with Gasteiger partial charge in [-0.05, 0) is 48.9 Å². The maximum atomic E-state index is 12.1. The molecule has 1 aromatic heterocycles. The van der Waals surface area contributed by atoms with Crippen molar-refractivity contribution in [3.8, 4) is 5.75 Å². The van der Waals surface area contributed by atoms with Crippen molar-refractivity contribution >= 4 is 38.7 Å². The van der Waals surface area contributed by atoms with Crippen LogP contribution in [0.3, 0.4) is 0 Å². The van der Waals surface area contributed by atoms with Crippen LogP contribution in [-0.2, 0) is 0 Å². The third kappa shape index (κ3) is 4.43. The number of hydrogen-bond acceptors (Lipinski definition) is 4. The van der Waals surface area contributed by atoms with E-state index >= 15 is 0 Å². The Balaban J connectivity index is 1.44. The lowest BCUT2D eigenvalue weighted by Gasteiger charge is -2.06. The van der Waals surface area contributed by atoms with E-state index in [-0.39, 0.29) is 23.3 Å². The first kappa shape index (κ1) is 18.0. The quantitative estimate of drug-likeness (QED) is 0.536. The van der Waals surface area contributed by atoms with E-state index in [2.05, 4.69) is 26.6 Å². The molecule has 26 heavy (non-hydrogen) atoms. The highest BCUT2D eigenvalue weighted by molar-refractivity contribution is 9.10. The van der Waals surface area contributed by atoms with Crippen LogP contribution < -0.4 is 10.6 Å². The molecule has 7 heteroatoms. The molecule has 0 bridgehead atoms. The normalized spacial score (nSPS) is 10.7. The number of benzene rings is 2. The van der Waals surface area contributed by atoms with Crippen molar-refractivity contribution in [3.63, 3.8) is 0 Å². The van der Waals surface area contributed by atoms with Gasteiger partial charge in [-0.15, -0.1) is 0 Å². The fourth-order valence-electron chi connectivity index (χ4n) is 2.45. The third-order valence-electron chi connectivity index (χ3n) is 3.74. The van der Waals surface area contributed by atoms with Crippen LogP contribution in [0.15, 0.2) is 57.4 Å². The number of nitrogens with one attached hydrogen (secondary N) is 2. The number of phenols is 1. The lowest BCUT2D eigenvalue weighted by Crippen LogP contribution is -2.29. The molecule has 6 nitrogen and oxygen atoms in total. The van der Waals surface area contributed by atoms with Crippen molar-refractivity contribution in [2.24, 2.45) is 0 Å². The molecule has 1 heterocycles. The topological polar surface area (TPSA) is 91.6 Å². The zero-order valence-electron chi connectivity index (χ0n) is 13.8. The molecule has 0 spiro atoms. The van der Waals surface area contributed by atoms with E-state index in [1.165, 1.54) is 12.1 Å². The van der Waals surface area contributed by atoms with Gasteiger partial charge in [0.2, 0.25) is 0 Å². The van der Waals surface area contributed by atoms with Gasteiger partial charge in [0, 0.05) is 28.5 Å². The SMILES string of the molecule is O=C(NCCCNC(=O)c1cc2cc(Br)ccc2o1)c1cccc(O)c1. The van der Waals surface area contributed by atoms with E-state index < -0.39 is 0 Å². The van der Waals surface area contributed by atoms with Gasteiger partial charge in [-0.25, -0.2) is 0 Å². The molecule has 3 rings (SSSR count). The van der Waals surface area contributed by atoms with Crippen molar-refractivity contribution in [2.75, 3.05) is 13.1 Å². The molecular weight excluding hydrogens is 400 g/mol. The van der Waals surface area contributed by atoms with Crippen LogP contribution in [0.5, 0.6) is 5.75 Å². The Morgan fingerprint density at radius 3 is 2.54 bits per heavy atom. The Morgan fingerprint density at radius 2 is 1.77 bits per heavy atom. The molecule has 0 saturated carbocycles.